The van der Waals surface area contributed by atoms with Crippen LogP contribution in [0, 0.1) is 11.3 Å². The van der Waals surface area contributed by atoms with Crippen molar-refractivity contribution in [3.8, 4) is 17.6 Å². The molecule has 0 fully saturated rings. The van der Waals surface area contributed by atoms with Gasteiger partial charge in [-0.15, -0.1) is 0 Å². The summed E-state index contributed by atoms with van der Waals surface area (Å²) in [4.78, 5) is 3.68. The number of fused-ring (bicyclic) bond motifs is 1. The second kappa shape index (κ2) is 6.46. The maximum atomic E-state index is 14.0. The molecule has 0 aliphatic carbocycles. The highest BCUT2D eigenvalue weighted by atomic mass is 35.5. The lowest BCUT2D eigenvalue weighted by Crippen LogP contribution is -2.09. The Balaban J connectivity index is 2.41. The van der Waals surface area contributed by atoms with E-state index in [1.54, 1.807) is 6.07 Å². The molecule has 3 rings (SSSR count). The van der Waals surface area contributed by atoms with Crippen molar-refractivity contribution >= 4 is 34.2 Å². The van der Waals surface area contributed by atoms with Crippen molar-refractivity contribution in [2.45, 2.75) is 19.0 Å². The Morgan fingerprint density at radius 1 is 1.11 bits per heavy atom. The molecule has 2 aromatic heterocycles. The highest BCUT2D eigenvalue weighted by molar-refractivity contribution is 6.38. The van der Waals surface area contributed by atoms with Crippen LogP contribution in [0.3, 0.4) is 0 Å². The summed E-state index contributed by atoms with van der Waals surface area (Å²) < 4.78 is 67.4. The molecule has 0 aliphatic heterocycles. The molecule has 0 bridgehead atoms. The molecule has 0 aliphatic rings. The average molecular weight is 437 g/mol. The SMILES string of the molecule is CC(F)(F)c1cc(O)nc2c1c(C#N)nn2-c1c(Cl)cc(C(F)(F)F)cc1Cl. The first-order chi connectivity index (χ1) is 12.8. The Morgan fingerprint density at radius 2 is 1.68 bits per heavy atom. The molecule has 1 aromatic carbocycles. The molecule has 0 radical (unpaired) electrons. The minimum absolute atomic E-state index is 0.314. The number of aromatic hydroxyl groups is 1. The molecule has 28 heavy (non-hydrogen) atoms. The van der Waals surface area contributed by atoms with Crippen LogP contribution in [0.2, 0.25) is 10.0 Å². The highest BCUT2D eigenvalue weighted by Crippen LogP contribution is 2.41. The van der Waals surface area contributed by atoms with E-state index in [1.807, 2.05) is 0 Å². The van der Waals surface area contributed by atoms with E-state index in [4.69, 9.17) is 23.2 Å². The van der Waals surface area contributed by atoms with Gasteiger partial charge in [-0.25, -0.2) is 13.5 Å². The van der Waals surface area contributed by atoms with Gasteiger partial charge >= 0.3 is 6.18 Å². The van der Waals surface area contributed by atoms with E-state index >= 15 is 0 Å². The zero-order valence-electron chi connectivity index (χ0n) is 13.6. The lowest BCUT2D eigenvalue weighted by atomic mass is 10.1. The molecule has 3 aromatic rings. The van der Waals surface area contributed by atoms with Crippen LogP contribution < -0.4 is 0 Å². The molecule has 1 N–H and O–H groups in total. The van der Waals surface area contributed by atoms with Crippen LogP contribution in [0.15, 0.2) is 18.2 Å². The molecule has 0 unspecified atom stereocenters. The van der Waals surface area contributed by atoms with Crippen LogP contribution in [0.25, 0.3) is 16.7 Å². The number of nitrogens with zero attached hydrogens (tertiary/aromatic N) is 4. The van der Waals surface area contributed by atoms with Crippen molar-refractivity contribution in [3.05, 3.63) is 45.1 Å². The van der Waals surface area contributed by atoms with Crippen LogP contribution in [0.4, 0.5) is 22.0 Å². The molecule has 0 saturated carbocycles. The van der Waals surface area contributed by atoms with E-state index < -0.39 is 50.5 Å². The Kier molecular flexibility index (Phi) is 4.64. The van der Waals surface area contributed by atoms with Gasteiger partial charge in [-0.2, -0.15) is 28.5 Å². The van der Waals surface area contributed by atoms with Crippen molar-refractivity contribution in [2.24, 2.45) is 0 Å². The van der Waals surface area contributed by atoms with Gasteiger partial charge in [0.2, 0.25) is 5.88 Å². The van der Waals surface area contributed by atoms with Gasteiger partial charge in [-0.1, -0.05) is 23.2 Å². The minimum atomic E-state index is -4.73. The summed E-state index contributed by atoms with van der Waals surface area (Å²) >= 11 is 11.9. The van der Waals surface area contributed by atoms with Gasteiger partial charge in [0, 0.05) is 18.6 Å². The first-order valence-corrected chi connectivity index (χ1v) is 8.08. The second-order valence-electron chi connectivity index (χ2n) is 5.77. The third kappa shape index (κ3) is 3.31. The monoisotopic (exact) mass is 436 g/mol. The number of alkyl halides is 5. The first-order valence-electron chi connectivity index (χ1n) is 7.32. The van der Waals surface area contributed by atoms with E-state index in [9.17, 15) is 32.3 Å². The summed E-state index contributed by atoms with van der Waals surface area (Å²) in [6.45, 7) is 0.539. The molecular weight excluding hydrogens is 430 g/mol. The second-order valence-corrected chi connectivity index (χ2v) is 6.59. The van der Waals surface area contributed by atoms with Gasteiger partial charge < -0.3 is 5.11 Å². The molecule has 12 heteroatoms. The molecule has 0 spiro atoms. The molecule has 0 saturated heterocycles. The predicted octanol–water partition coefficient (Wildman–Crippen LogP) is 5.44. The van der Waals surface area contributed by atoms with E-state index in [0.717, 1.165) is 4.68 Å². The third-order valence-corrected chi connectivity index (χ3v) is 4.34. The van der Waals surface area contributed by atoms with Crippen molar-refractivity contribution < 1.29 is 27.1 Å². The Hall–Kier alpha value is -2.64. The van der Waals surface area contributed by atoms with Crippen LogP contribution in [0.1, 0.15) is 23.7 Å². The number of nitriles is 1. The maximum Gasteiger partial charge on any atom is 0.416 e. The predicted molar refractivity (Wildman–Crippen MR) is 89.8 cm³/mol. The van der Waals surface area contributed by atoms with Gasteiger partial charge in [0.15, 0.2) is 11.3 Å². The van der Waals surface area contributed by atoms with Gasteiger partial charge in [-0.05, 0) is 12.1 Å². The summed E-state index contributed by atoms with van der Waals surface area (Å²) in [6.07, 6.45) is -4.73. The Labute approximate surface area is 163 Å². The summed E-state index contributed by atoms with van der Waals surface area (Å²) in [5, 5.41) is 21.4. The van der Waals surface area contributed by atoms with Gasteiger partial charge in [0.25, 0.3) is 5.92 Å². The smallest absolute Gasteiger partial charge is 0.416 e. The fourth-order valence-electron chi connectivity index (χ4n) is 2.61. The highest BCUT2D eigenvalue weighted by Gasteiger charge is 2.34. The van der Waals surface area contributed by atoms with E-state index in [2.05, 4.69) is 10.1 Å². The standard InChI is InChI=1S/C16H7Cl2F5N4O/c1-15(19,20)7-4-11(28)25-14-12(7)10(5-24)26-27(14)13-8(17)2-6(3-9(13)18)16(21,22)23/h2-4H,1H3,(H,25,28). The number of hydrogen-bond donors (Lipinski definition) is 1. The normalized spacial score (nSPS) is 12.4. The number of hydrogen-bond acceptors (Lipinski definition) is 4. The largest absolute Gasteiger partial charge is 0.493 e. The molecule has 146 valence electrons. The van der Waals surface area contributed by atoms with Crippen molar-refractivity contribution in [2.75, 3.05) is 0 Å². The van der Waals surface area contributed by atoms with Crippen molar-refractivity contribution in [1.82, 2.24) is 14.8 Å². The molecular formula is C16H7Cl2F5N4O. The van der Waals surface area contributed by atoms with Crippen LogP contribution in [-0.4, -0.2) is 19.9 Å². The fourth-order valence-corrected chi connectivity index (χ4v) is 3.26. The summed E-state index contributed by atoms with van der Waals surface area (Å²) in [5.74, 6) is -4.29. The number of pyridine rings is 1. The fraction of sp³-hybridized carbons (Fsp3) is 0.188. The molecule has 0 atom stereocenters. The Morgan fingerprint density at radius 3 is 2.14 bits per heavy atom. The van der Waals surface area contributed by atoms with E-state index in [1.165, 1.54) is 0 Å². The Bertz CT molecular complexity index is 1120. The van der Waals surface area contributed by atoms with Crippen LogP contribution >= 0.6 is 23.2 Å². The number of halogens is 7. The zero-order chi connectivity index (χ0) is 21.0. The van der Waals surface area contributed by atoms with Gasteiger partial charge in [-0.3, -0.25) is 0 Å². The molecule has 2 heterocycles. The number of aromatic nitrogens is 3. The van der Waals surface area contributed by atoms with Gasteiger partial charge in [0.05, 0.1) is 21.0 Å². The summed E-state index contributed by atoms with van der Waals surface area (Å²) in [5.41, 5.74) is -3.11. The lowest BCUT2D eigenvalue weighted by molar-refractivity contribution is -0.137. The number of rotatable bonds is 2. The van der Waals surface area contributed by atoms with Crippen molar-refractivity contribution in [3.63, 3.8) is 0 Å². The topological polar surface area (TPSA) is 74.7 Å². The van der Waals surface area contributed by atoms with Crippen LogP contribution in [0.5, 0.6) is 5.88 Å². The van der Waals surface area contributed by atoms with E-state index in [-0.39, 0.29) is 11.1 Å². The summed E-state index contributed by atoms with van der Waals surface area (Å²) in [6, 6.07) is 3.43. The minimum Gasteiger partial charge on any atom is -0.493 e. The quantitative estimate of drug-likeness (QED) is 0.543. The van der Waals surface area contributed by atoms with E-state index in [0.29, 0.717) is 25.1 Å². The average Bonchev–Trinajstić information content (AvgIpc) is 2.90. The van der Waals surface area contributed by atoms with Crippen molar-refractivity contribution in [1.29, 1.82) is 5.26 Å². The maximum absolute atomic E-state index is 14.0. The first kappa shape index (κ1) is 20.1. The third-order valence-electron chi connectivity index (χ3n) is 3.76. The number of benzene rings is 1. The summed E-state index contributed by atoms with van der Waals surface area (Å²) in [7, 11) is 0. The van der Waals surface area contributed by atoms with Gasteiger partial charge in [0.1, 0.15) is 11.8 Å². The van der Waals surface area contributed by atoms with Crippen LogP contribution in [-0.2, 0) is 12.1 Å². The molecule has 0 amide bonds. The zero-order valence-corrected chi connectivity index (χ0v) is 15.1. The lowest BCUT2D eigenvalue weighted by Gasteiger charge is -2.14. The molecule has 5 nitrogen and oxygen atoms in total.